The molecule has 1 heterocycles. The standard InChI is InChI=1S/C20H18N2O4/c1-25-15-8-9-18(26-2)17(12-15)21-19(23)10-7-14-11-13-5-3-4-6-16(13)22-20(14)24/h3-12H,1-2H3,(H,21,23)(H,22,24)/b10-7+. The van der Waals surface area contributed by atoms with Gasteiger partial charge in [0.1, 0.15) is 11.5 Å². The molecule has 0 spiro atoms. The maximum absolute atomic E-state index is 12.2. The first-order valence-corrected chi connectivity index (χ1v) is 7.94. The van der Waals surface area contributed by atoms with Gasteiger partial charge in [-0.2, -0.15) is 0 Å². The number of methoxy groups -OCH3 is 2. The summed E-state index contributed by atoms with van der Waals surface area (Å²) in [5, 5.41) is 3.61. The molecule has 2 N–H and O–H groups in total. The lowest BCUT2D eigenvalue weighted by Gasteiger charge is -2.10. The van der Waals surface area contributed by atoms with Crippen molar-refractivity contribution in [3.05, 3.63) is 70.5 Å². The van der Waals surface area contributed by atoms with Crippen molar-refractivity contribution in [1.29, 1.82) is 0 Å². The van der Waals surface area contributed by atoms with E-state index in [1.54, 1.807) is 31.4 Å². The van der Waals surface area contributed by atoms with E-state index in [2.05, 4.69) is 10.3 Å². The summed E-state index contributed by atoms with van der Waals surface area (Å²) in [6.45, 7) is 0. The zero-order valence-corrected chi connectivity index (χ0v) is 14.4. The molecule has 6 heteroatoms. The Hall–Kier alpha value is -3.54. The van der Waals surface area contributed by atoms with Crippen LogP contribution in [0.4, 0.5) is 5.69 Å². The number of H-pyrrole nitrogens is 1. The molecule has 0 saturated carbocycles. The van der Waals surface area contributed by atoms with E-state index in [1.807, 2.05) is 24.3 Å². The molecule has 1 amide bonds. The Morgan fingerprint density at radius 3 is 2.65 bits per heavy atom. The number of ether oxygens (including phenoxy) is 2. The zero-order valence-electron chi connectivity index (χ0n) is 14.4. The fraction of sp³-hybridized carbons (Fsp3) is 0.100. The number of anilines is 1. The highest BCUT2D eigenvalue weighted by Gasteiger charge is 2.07. The Labute approximate surface area is 150 Å². The molecule has 3 aromatic rings. The molecule has 132 valence electrons. The minimum Gasteiger partial charge on any atom is -0.497 e. The van der Waals surface area contributed by atoms with Crippen LogP contribution in [0.15, 0.2) is 59.4 Å². The Kier molecular flexibility index (Phi) is 5.03. The second-order valence-electron chi connectivity index (χ2n) is 5.53. The molecule has 26 heavy (non-hydrogen) atoms. The number of hydrogen-bond donors (Lipinski definition) is 2. The van der Waals surface area contributed by atoms with Crippen LogP contribution in [-0.2, 0) is 4.79 Å². The third-order valence-corrected chi connectivity index (χ3v) is 3.86. The van der Waals surface area contributed by atoms with Gasteiger partial charge in [0.15, 0.2) is 0 Å². The molecule has 1 aromatic heterocycles. The molecule has 0 unspecified atom stereocenters. The van der Waals surface area contributed by atoms with Gasteiger partial charge in [0.2, 0.25) is 5.91 Å². The number of aromatic amines is 1. The fourth-order valence-electron chi connectivity index (χ4n) is 2.54. The maximum atomic E-state index is 12.2. The normalized spacial score (nSPS) is 10.8. The van der Waals surface area contributed by atoms with E-state index in [1.165, 1.54) is 19.3 Å². The van der Waals surface area contributed by atoms with Crippen molar-refractivity contribution < 1.29 is 14.3 Å². The highest BCUT2D eigenvalue weighted by atomic mass is 16.5. The number of carbonyl (C=O) groups is 1. The minimum absolute atomic E-state index is 0.258. The molecule has 0 aliphatic heterocycles. The van der Waals surface area contributed by atoms with Gasteiger partial charge < -0.3 is 19.8 Å². The highest BCUT2D eigenvalue weighted by Crippen LogP contribution is 2.28. The summed E-state index contributed by atoms with van der Waals surface area (Å²) < 4.78 is 10.4. The number of fused-ring (bicyclic) bond motifs is 1. The minimum atomic E-state index is -0.385. The number of nitrogens with one attached hydrogen (secondary N) is 2. The van der Waals surface area contributed by atoms with Crippen molar-refractivity contribution in [1.82, 2.24) is 4.98 Å². The number of rotatable bonds is 5. The van der Waals surface area contributed by atoms with Gasteiger partial charge in [0.05, 0.1) is 19.9 Å². The van der Waals surface area contributed by atoms with Crippen molar-refractivity contribution in [3.63, 3.8) is 0 Å². The van der Waals surface area contributed by atoms with Crippen LogP contribution in [0.2, 0.25) is 0 Å². The highest BCUT2D eigenvalue weighted by molar-refractivity contribution is 6.03. The lowest BCUT2D eigenvalue weighted by molar-refractivity contribution is -0.111. The zero-order chi connectivity index (χ0) is 18.5. The molecule has 0 aliphatic carbocycles. The average molecular weight is 350 g/mol. The summed E-state index contributed by atoms with van der Waals surface area (Å²) in [5.41, 5.74) is 1.37. The van der Waals surface area contributed by atoms with Gasteiger partial charge in [-0.1, -0.05) is 18.2 Å². The van der Waals surface area contributed by atoms with E-state index >= 15 is 0 Å². The molecule has 6 nitrogen and oxygen atoms in total. The van der Waals surface area contributed by atoms with Crippen LogP contribution >= 0.6 is 0 Å². The monoisotopic (exact) mass is 350 g/mol. The number of para-hydroxylation sites is 1. The van der Waals surface area contributed by atoms with Crippen molar-refractivity contribution in [2.75, 3.05) is 19.5 Å². The topological polar surface area (TPSA) is 80.4 Å². The van der Waals surface area contributed by atoms with Gasteiger partial charge in [-0.3, -0.25) is 9.59 Å². The number of carbonyl (C=O) groups excluding carboxylic acids is 1. The van der Waals surface area contributed by atoms with Gasteiger partial charge in [-0.25, -0.2) is 0 Å². The molecule has 0 radical (unpaired) electrons. The first kappa shape index (κ1) is 17.3. The molecule has 2 aromatic carbocycles. The Balaban J connectivity index is 1.82. The number of benzene rings is 2. The Morgan fingerprint density at radius 2 is 1.88 bits per heavy atom. The van der Waals surface area contributed by atoms with Crippen LogP contribution in [0.5, 0.6) is 11.5 Å². The Bertz CT molecular complexity index is 1040. The summed E-state index contributed by atoms with van der Waals surface area (Å²) in [6.07, 6.45) is 2.78. The number of amides is 1. The summed E-state index contributed by atoms with van der Waals surface area (Å²) in [5.74, 6) is 0.719. The molecule has 0 fully saturated rings. The molecule has 0 bridgehead atoms. The third kappa shape index (κ3) is 3.75. The summed E-state index contributed by atoms with van der Waals surface area (Å²) in [7, 11) is 3.06. The van der Waals surface area contributed by atoms with Crippen LogP contribution in [-0.4, -0.2) is 25.1 Å². The fourth-order valence-corrected chi connectivity index (χ4v) is 2.54. The van der Waals surface area contributed by atoms with Gasteiger partial charge >= 0.3 is 0 Å². The van der Waals surface area contributed by atoms with Crippen LogP contribution in [0.3, 0.4) is 0 Å². The average Bonchev–Trinajstić information content (AvgIpc) is 2.66. The van der Waals surface area contributed by atoms with Gasteiger partial charge in [0, 0.05) is 23.2 Å². The predicted molar refractivity (Wildman–Crippen MR) is 102 cm³/mol. The summed E-state index contributed by atoms with van der Waals surface area (Å²) in [4.78, 5) is 27.1. The molecule has 0 atom stereocenters. The van der Waals surface area contributed by atoms with Crippen molar-refractivity contribution >= 4 is 28.6 Å². The van der Waals surface area contributed by atoms with E-state index < -0.39 is 0 Å². The van der Waals surface area contributed by atoms with Crippen LogP contribution in [0.1, 0.15) is 5.56 Å². The largest absolute Gasteiger partial charge is 0.497 e. The number of hydrogen-bond acceptors (Lipinski definition) is 4. The molecular formula is C20H18N2O4. The smallest absolute Gasteiger partial charge is 0.255 e. The van der Waals surface area contributed by atoms with Gasteiger partial charge in [-0.15, -0.1) is 0 Å². The number of aromatic nitrogens is 1. The van der Waals surface area contributed by atoms with Crippen molar-refractivity contribution in [2.45, 2.75) is 0 Å². The van der Waals surface area contributed by atoms with Gasteiger partial charge in [0.25, 0.3) is 5.56 Å². The lowest BCUT2D eigenvalue weighted by Crippen LogP contribution is -2.11. The Morgan fingerprint density at radius 1 is 1.08 bits per heavy atom. The maximum Gasteiger partial charge on any atom is 0.255 e. The third-order valence-electron chi connectivity index (χ3n) is 3.86. The van der Waals surface area contributed by atoms with Crippen LogP contribution < -0.4 is 20.3 Å². The first-order valence-electron chi connectivity index (χ1n) is 7.94. The van der Waals surface area contributed by atoms with Gasteiger partial charge in [-0.05, 0) is 35.7 Å². The predicted octanol–water partition coefficient (Wildman–Crippen LogP) is 3.20. The molecule has 3 rings (SSSR count). The van der Waals surface area contributed by atoms with E-state index in [0.717, 1.165) is 10.9 Å². The van der Waals surface area contributed by atoms with E-state index in [-0.39, 0.29) is 11.5 Å². The van der Waals surface area contributed by atoms with Crippen LogP contribution in [0.25, 0.3) is 17.0 Å². The second-order valence-corrected chi connectivity index (χ2v) is 5.53. The van der Waals surface area contributed by atoms with E-state index in [4.69, 9.17) is 9.47 Å². The number of pyridine rings is 1. The SMILES string of the molecule is COc1ccc(OC)c(NC(=O)/C=C/c2cc3ccccc3[nH]c2=O)c1. The van der Waals surface area contributed by atoms with Crippen molar-refractivity contribution in [2.24, 2.45) is 0 Å². The van der Waals surface area contributed by atoms with Crippen LogP contribution in [0, 0.1) is 0 Å². The molecule has 0 saturated heterocycles. The van der Waals surface area contributed by atoms with Crippen molar-refractivity contribution in [3.8, 4) is 11.5 Å². The summed E-state index contributed by atoms with van der Waals surface area (Å²) in [6, 6.07) is 14.3. The van der Waals surface area contributed by atoms with E-state index in [0.29, 0.717) is 22.7 Å². The lowest BCUT2D eigenvalue weighted by atomic mass is 10.1. The van der Waals surface area contributed by atoms with E-state index in [9.17, 15) is 9.59 Å². The second kappa shape index (κ2) is 7.57. The molecular weight excluding hydrogens is 332 g/mol. The quantitative estimate of drug-likeness (QED) is 0.693. The summed E-state index contributed by atoms with van der Waals surface area (Å²) >= 11 is 0. The first-order chi connectivity index (χ1) is 12.6. The molecule has 0 aliphatic rings.